The van der Waals surface area contributed by atoms with E-state index in [9.17, 15) is 9.90 Å². The number of carbonyl (C=O) groups excluding carboxylic acids is 1. The van der Waals surface area contributed by atoms with Crippen molar-refractivity contribution in [2.24, 2.45) is 17.3 Å². The number of allylic oxidation sites excluding steroid dienone is 3. The van der Waals surface area contributed by atoms with Gasteiger partial charge in [-0.15, -0.1) is 11.8 Å². The van der Waals surface area contributed by atoms with Crippen molar-refractivity contribution >= 4 is 45.2 Å². The van der Waals surface area contributed by atoms with Crippen LogP contribution < -0.4 is 5.32 Å². The summed E-state index contributed by atoms with van der Waals surface area (Å²) in [4.78, 5) is 12.0. The molecule has 0 heterocycles. The smallest absolute Gasteiger partial charge is 0.230 e. The van der Waals surface area contributed by atoms with Gasteiger partial charge in [-0.3, -0.25) is 4.79 Å². The van der Waals surface area contributed by atoms with Gasteiger partial charge in [-0.2, -0.15) is 0 Å². The Morgan fingerprint density at radius 1 is 1.15 bits per heavy atom. The number of thiocarbonyl (C=S) groups is 1. The van der Waals surface area contributed by atoms with Gasteiger partial charge in [0.05, 0.1) is 11.9 Å². The summed E-state index contributed by atoms with van der Waals surface area (Å²) < 4.78 is 0.867. The molecule has 34 heavy (non-hydrogen) atoms. The van der Waals surface area contributed by atoms with Crippen LogP contribution in [0.2, 0.25) is 0 Å². The second kappa shape index (κ2) is 14.4. The quantitative estimate of drug-likeness (QED) is 0.230. The highest BCUT2D eigenvalue weighted by Crippen LogP contribution is 2.58. The minimum Gasteiger partial charge on any atom is -0.393 e. The lowest BCUT2D eigenvalue weighted by Gasteiger charge is -2.42. The molecule has 0 radical (unpaired) electrons. The van der Waals surface area contributed by atoms with E-state index in [1.165, 1.54) is 68.7 Å². The SMILES string of the molecule is CCSC(=S)SCC(=O)NCCCCCC1CCC2/C(=C/C=C3/CCCC(O)C3)CCCC12C. The normalized spacial score (nSPS) is 31.6. The fourth-order valence-electron chi connectivity index (χ4n) is 6.52. The Balaban J connectivity index is 1.37. The number of hydrogen-bond donors (Lipinski definition) is 2. The largest absolute Gasteiger partial charge is 0.393 e. The van der Waals surface area contributed by atoms with Gasteiger partial charge in [0.25, 0.3) is 0 Å². The molecule has 3 aliphatic carbocycles. The standard InChI is InChI=1S/C28H45NO2S3/c1-3-33-27(32)34-20-26(31)29-18-6-4-5-11-23-15-16-25-22(10-8-17-28(23,25)2)14-13-21-9-7-12-24(30)19-21/h13-14,23-25,30H,3-12,15-20H2,1-2H3,(H,29,31)/b21-13-,22-14+. The van der Waals surface area contributed by atoms with E-state index in [0.29, 0.717) is 11.2 Å². The fraction of sp³-hybridized carbons (Fsp3) is 0.786. The van der Waals surface area contributed by atoms with Crippen LogP contribution in [0, 0.1) is 17.3 Å². The van der Waals surface area contributed by atoms with Gasteiger partial charge in [-0.25, -0.2) is 0 Å². The molecule has 0 aliphatic heterocycles. The van der Waals surface area contributed by atoms with Gasteiger partial charge in [0.2, 0.25) is 5.91 Å². The van der Waals surface area contributed by atoms with Gasteiger partial charge >= 0.3 is 0 Å². The predicted octanol–water partition coefficient (Wildman–Crippen LogP) is 7.44. The van der Waals surface area contributed by atoms with E-state index in [1.807, 2.05) is 0 Å². The molecule has 0 aromatic carbocycles. The molecule has 1 amide bonds. The summed E-state index contributed by atoms with van der Waals surface area (Å²) in [6.45, 7) is 5.43. The lowest BCUT2D eigenvalue weighted by Crippen LogP contribution is -2.33. The van der Waals surface area contributed by atoms with Gasteiger partial charge in [0.1, 0.15) is 3.53 Å². The number of amides is 1. The minimum absolute atomic E-state index is 0.106. The highest BCUT2D eigenvalue weighted by atomic mass is 32.2. The molecule has 3 nitrogen and oxygen atoms in total. The van der Waals surface area contributed by atoms with Crippen LogP contribution >= 0.6 is 35.7 Å². The van der Waals surface area contributed by atoms with Gasteiger partial charge in [-0.1, -0.05) is 74.0 Å². The van der Waals surface area contributed by atoms with E-state index in [1.54, 1.807) is 17.3 Å². The Bertz CT molecular complexity index is 750. The van der Waals surface area contributed by atoms with Gasteiger partial charge < -0.3 is 10.4 Å². The highest BCUT2D eigenvalue weighted by molar-refractivity contribution is 8.47. The van der Waals surface area contributed by atoms with E-state index in [-0.39, 0.29) is 12.0 Å². The van der Waals surface area contributed by atoms with Crippen molar-refractivity contribution in [2.45, 2.75) is 103 Å². The van der Waals surface area contributed by atoms with E-state index in [4.69, 9.17) is 12.2 Å². The maximum atomic E-state index is 12.0. The molecule has 0 aromatic heterocycles. The summed E-state index contributed by atoms with van der Waals surface area (Å²) in [5.74, 6) is 3.11. The molecule has 3 saturated carbocycles. The van der Waals surface area contributed by atoms with Crippen molar-refractivity contribution in [3.8, 4) is 0 Å². The van der Waals surface area contributed by atoms with E-state index < -0.39 is 0 Å². The number of nitrogens with one attached hydrogen (secondary N) is 1. The topological polar surface area (TPSA) is 49.3 Å². The summed E-state index contributed by atoms with van der Waals surface area (Å²) in [7, 11) is 0. The van der Waals surface area contributed by atoms with Crippen molar-refractivity contribution in [3.63, 3.8) is 0 Å². The van der Waals surface area contributed by atoms with E-state index in [2.05, 4.69) is 31.3 Å². The minimum atomic E-state index is -0.124. The molecule has 0 saturated heterocycles. The first-order chi connectivity index (χ1) is 16.4. The molecule has 4 atom stereocenters. The van der Waals surface area contributed by atoms with Crippen molar-refractivity contribution < 1.29 is 9.90 Å². The monoisotopic (exact) mass is 523 g/mol. The summed E-state index contributed by atoms with van der Waals surface area (Å²) in [5, 5.41) is 13.0. The predicted molar refractivity (Wildman–Crippen MR) is 153 cm³/mol. The van der Waals surface area contributed by atoms with Gasteiger partial charge in [0.15, 0.2) is 0 Å². The fourth-order valence-corrected chi connectivity index (χ4v) is 8.50. The second-order valence-electron chi connectivity index (χ2n) is 10.7. The lowest BCUT2D eigenvalue weighted by molar-refractivity contribution is -0.118. The summed E-state index contributed by atoms with van der Waals surface area (Å²) in [5.41, 5.74) is 3.59. The zero-order chi connectivity index (χ0) is 24.4. The Hall–Kier alpha value is -0.300. The molecule has 4 unspecified atom stereocenters. The van der Waals surface area contributed by atoms with Crippen molar-refractivity contribution in [1.29, 1.82) is 0 Å². The second-order valence-corrected chi connectivity index (χ2v) is 14.1. The van der Waals surface area contributed by atoms with E-state index >= 15 is 0 Å². The lowest BCUT2D eigenvalue weighted by atomic mass is 9.62. The molecule has 6 heteroatoms. The highest BCUT2D eigenvalue weighted by Gasteiger charge is 2.48. The van der Waals surface area contributed by atoms with Gasteiger partial charge in [-0.05, 0) is 93.6 Å². The Morgan fingerprint density at radius 2 is 2.00 bits per heavy atom. The Labute approximate surface area is 221 Å². The molecule has 0 spiro atoms. The Morgan fingerprint density at radius 3 is 2.79 bits per heavy atom. The summed E-state index contributed by atoms with van der Waals surface area (Å²) in [6.07, 6.45) is 20.4. The zero-order valence-electron chi connectivity index (χ0n) is 21.3. The first-order valence-corrected chi connectivity index (χ1v) is 15.9. The number of thioether (sulfide) groups is 2. The first-order valence-electron chi connectivity index (χ1n) is 13.5. The van der Waals surface area contributed by atoms with Gasteiger partial charge in [0, 0.05) is 6.54 Å². The van der Waals surface area contributed by atoms with Crippen LogP contribution in [0.4, 0.5) is 0 Å². The molecule has 3 rings (SSSR count). The maximum Gasteiger partial charge on any atom is 0.230 e. The van der Waals surface area contributed by atoms with Crippen LogP contribution in [0.1, 0.15) is 97.3 Å². The number of fused-ring (bicyclic) bond motifs is 1. The van der Waals surface area contributed by atoms with Crippen LogP contribution in [0.25, 0.3) is 0 Å². The number of hydrogen-bond acceptors (Lipinski definition) is 5. The average Bonchev–Trinajstić information content (AvgIpc) is 3.15. The van der Waals surface area contributed by atoms with Crippen molar-refractivity contribution in [3.05, 3.63) is 23.3 Å². The number of rotatable bonds is 10. The molecule has 2 N–H and O–H groups in total. The van der Waals surface area contributed by atoms with Crippen LogP contribution in [0.3, 0.4) is 0 Å². The number of aliphatic hydroxyl groups excluding tert-OH is 1. The first kappa shape index (κ1) is 28.3. The summed E-state index contributed by atoms with van der Waals surface area (Å²) in [6, 6.07) is 0. The van der Waals surface area contributed by atoms with Crippen molar-refractivity contribution in [2.75, 3.05) is 18.1 Å². The third kappa shape index (κ3) is 8.38. The zero-order valence-corrected chi connectivity index (χ0v) is 23.7. The summed E-state index contributed by atoms with van der Waals surface area (Å²) >= 11 is 8.34. The van der Waals surface area contributed by atoms with Crippen LogP contribution in [-0.4, -0.2) is 38.7 Å². The van der Waals surface area contributed by atoms with Crippen LogP contribution in [0.5, 0.6) is 0 Å². The molecular weight excluding hydrogens is 479 g/mol. The number of carbonyl (C=O) groups is 1. The molecular formula is C28H45NO2S3. The third-order valence-electron chi connectivity index (χ3n) is 8.36. The third-order valence-corrected chi connectivity index (χ3v) is 10.9. The average molecular weight is 524 g/mol. The van der Waals surface area contributed by atoms with E-state index in [0.717, 1.165) is 59.8 Å². The number of aliphatic hydroxyl groups is 1. The molecule has 3 aliphatic rings. The number of unbranched alkanes of at least 4 members (excludes halogenated alkanes) is 2. The van der Waals surface area contributed by atoms with Crippen molar-refractivity contribution in [1.82, 2.24) is 5.32 Å². The molecule has 192 valence electrons. The molecule has 3 fully saturated rings. The molecule has 0 bridgehead atoms. The molecule has 0 aromatic rings. The van der Waals surface area contributed by atoms with Crippen LogP contribution in [0.15, 0.2) is 23.3 Å². The van der Waals surface area contributed by atoms with Crippen LogP contribution in [-0.2, 0) is 4.79 Å². The Kier molecular flexibility index (Phi) is 12.0. The maximum absolute atomic E-state index is 12.0.